The molecule has 0 heteroatoms. The van der Waals surface area contributed by atoms with E-state index in [0.717, 1.165) is 24.8 Å². The van der Waals surface area contributed by atoms with Crippen LogP contribution < -0.4 is 0 Å². The van der Waals surface area contributed by atoms with Gasteiger partial charge >= 0.3 is 0 Å². The Morgan fingerprint density at radius 3 is 2.18 bits per heavy atom. The summed E-state index contributed by atoms with van der Waals surface area (Å²) in [6.45, 7) is 44.8. The van der Waals surface area contributed by atoms with E-state index in [2.05, 4.69) is 101 Å². The van der Waals surface area contributed by atoms with Crippen LogP contribution in [0, 0.1) is 35.0 Å². The Morgan fingerprint density at radius 1 is 1.03 bits per heavy atom. The number of rotatable bonds is 5. The Hall–Kier alpha value is -2.34. The van der Waals surface area contributed by atoms with E-state index < -0.39 is 0 Å². The lowest BCUT2D eigenvalue weighted by Crippen LogP contribution is -2.58. The van der Waals surface area contributed by atoms with Gasteiger partial charge in [-0.2, -0.15) is 0 Å². The molecule has 0 unspecified atom stereocenters. The van der Waals surface area contributed by atoms with Gasteiger partial charge in [0.15, 0.2) is 0 Å². The monoisotopic (exact) mass is 508 g/mol. The molecule has 3 aliphatic rings. The molecule has 0 N–H and O–H groups in total. The number of hydrogen-bond acceptors (Lipinski definition) is 0. The molecule has 0 fully saturated rings. The zero-order valence-electron chi connectivity index (χ0n) is 26.3. The fourth-order valence-corrected chi connectivity index (χ4v) is 9.37. The average molecular weight is 509 g/mol. The lowest BCUT2D eigenvalue weighted by Gasteiger charge is -2.67. The first-order valence-corrected chi connectivity index (χ1v) is 14.7. The van der Waals surface area contributed by atoms with Gasteiger partial charge in [0, 0.05) is 10.8 Å². The van der Waals surface area contributed by atoms with Crippen molar-refractivity contribution in [2.24, 2.45) is 28.1 Å². The van der Waals surface area contributed by atoms with Gasteiger partial charge in [0.2, 0.25) is 0 Å². The van der Waals surface area contributed by atoms with Gasteiger partial charge in [-0.05, 0) is 115 Å². The zero-order valence-corrected chi connectivity index (χ0v) is 26.3. The van der Waals surface area contributed by atoms with Crippen molar-refractivity contribution < 1.29 is 0 Å². The highest BCUT2D eigenvalue weighted by atomic mass is 14.7. The number of allylic oxidation sites excluding steroid dienone is 8. The average Bonchev–Trinajstić information content (AvgIpc) is 2.79. The van der Waals surface area contributed by atoms with Gasteiger partial charge < -0.3 is 0 Å². The summed E-state index contributed by atoms with van der Waals surface area (Å²) in [7, 11) is 0. The van der Waals surface area contributed by atoms with E-state index in [1.165, 1.54) is 61.3 Å². The lowest BCUT2D eigenvalue weighted by molar-refractivity contribution is -0.0261. The first kappa shape index (κ1) is 28.7. The Balaban J connectivity index is 2.02. The van der Waals surface area contributed by atoms with Crippen molar-refractivity contribution in [1.29, 1.82) is 0 Å². The summed E-state index contributed by atoms with van der Waals surface area (Å²) in [6, 6.07) is 4.69. The molecule has 204 valence electrons. The maximum Gasteiger partial charge on any atom is 0.0196 e. The Labute approximate surface area is 234 Å². The van der Waals surface area contributed by atoms with Gasteiger partial charge in [-0.3, -0.25) is 0 Å². The molecule has 0 heterocycles. The molecular formula is C38H52. The van der Waals surface area contributed by atoms with Crippen molar-refractivity contribution in [3.63, 3.8) is 0 Å². The van der Waals surface area contributed by atoms with Crippen molar-refractivity contribution >= 4 is 5.57 Å². The van der Waals surface area contributed by atoms with E-state index in [1.807, 2.05) is 0 Å². The Morgan fingerprint density at radius 2 is 1.63 bits per heavy atom. The molecule has 0 saturated carbocycles. The van der Waals surface area contributed by atoms with Crippen LogP contribution in [0.25, 0.3) is 5.57 Å². The summed E-state index contributed by atoms with van der Waals surface area (Å²) in [6.07, 6.45) is 3.10. The molecule has 0 saturated heterocycles. The highest BCUT2D eigenvalue weighted by Gasteiger charge is 2.65. The van der Waals surface area contributed by atoms with Gasteiger partial charge in [0.25, 0.3) is 0 Å². The van der Waals surface area contributed by atoms with Gasteiger partial charge in [0.1, 0.15) is 0 Å². The van der Waals surface area contributed by atoms with Gasteiger partial charge in [-0.25, -0.2) is 0 Å². The molecule has 0 aliphatic heterocycles. The fraction of sp³-hybridized carbons (Fsp3) is 0.526. The third-order valence-corrected chi connectivity index (χ3v) is 11.7. The van der Waals surface area contributed by atoms with Crippen LogP contribution in [0.1, 0.15) is 110 Å². The van der Waals surface area contributed by atoms with E-state index in [-0.39, 0.29) is 16.2 Å². The lowest BCUT2D eigenvalue weighted by atomic mass is 9.36. The molecule has 38 heavy (non-hydrogen) atoms. The van der Waals surface area contributed by atoms with E-state index in [4.69, 9.17) is 13.2 Å². The smallest absolute Gasteiger partial charge is 0.0196 e. The quantitative estimate of drug-likeness (QED) is 0.347. The molecule has 0 amide bonds. The molecule has 0 spiro atoms. The van der Waals surface area contributed by atoms with E-state index in [0.29, 0.717) is 17.8 Å². The van der Waals surface area contributed by atoms with Crippen molar-refractivity contribution in [1.82, 2.24) is 0 Å². The third-order valence-electron chi connectivity index (χ3n) is 11.7. The van der Waals surface area contributed by atoms with Gasteiger partial charge in [0.05, 0.1) is 0 Å². The molecule has 0 nitrogen and oxygen atoms in total. The zero-order chi connectivity index (χ0) is 28.7. The minimum absolute atomic E-state index is 0.0222. The van der Waals surface area contributed by atoms with Crippen LogP contribution in [0.5, 0.6) is 0 Å². The standard InChI is InChI=1S/C38H52/c1-21(2)18-23(5)19-31-17-16-24(6)33-26(8)35-29(11)38(15)28(10)32(22(3)4)25(7)20-36(38,13)30(12)37(35,14)27(9)34(31)33/h16-17,21,27,30H,3,5,8,10,18-20H2,1-2,4,6-7,9,11-15H3/t27-,30+,36+,37-,38-/m1/s1. The normalized spacial score (nSPS) is 32.8. The number of hydrogen-bond donors (Lipinski definition) is 0. The second-order valence-corrected chi connectivity index (χ2v) is 14.2. The van der Waals surface area contributed by atoms with Crippen molar-refractivity contribution in [2.45, 2.75) is 101 Å². The number of benzene rings is 1. The number of fused-ring (bicyclic) bond motifs is 3. The van der Waals surface area contributed by atoms with E-state index in [9.17, 15) is 0 Å². The maximum absolute atomic E-state index is 4.88. The summed E-state index contributed by atoms with van der Waals surface area (Å²) < 4.78 is 0. The first-order valence-electron chi connectivity index (χ1n) is 14.7. The second-order valence-electron chi connectivity index (χ2n) is 14.2. The van der Waals surface area contributed by atoms with Crippen molar-refractivity contribution in [3.05, 3.63) is 99.7 Å². The highest BCUT2D eigenvalue weighted by Crippen LogP contribution is 2.74. The summed E-state index contributed by atoms with van der Waals surface area (Å²) in [5, 5.41) is 0. The van der Waals surface area contributed by atoms with E-state index in [1.54, 1.807) is 0 Å². The second kappa shape index (κ2) is 9.11. The van der Waals surface area contributed by atoms with Crippen molar-refractivity contribution in [3.8, 4) is 0 Å². The van der Waals surface area contributed by atoms with Crippen molar-refractivity contribution in [2.75, 3.05) is 0 Å². The maximum atomic E-state index is 4.88. The van der Waals surface area contributed by atoms with Crippen LogP contribution in [-0.2, 0) is 6.42 Å². The molecule has 0 aromatic heterocycles. The van der Waals surface area contributed by atoms with Crippen LogP contribution in [0.2, 0.25) is 0 Å². The van der Waals surface area contributed by atoms with Crippen LogP contribution in [0.4, 0.5) is 0 Å². The largest absolute Gasteiger partial charge is 0.0995 e. The molecule has 1 aromatic rings. The molecule has 3 aliphatic carbocycles. The van der Waals surface area contributed by atoms with Crippen LogP contribution in [0.3, 0.4) is 0 Å². The molecule has 0 bridgehead atoms. The Bertz CT molecular complexity index is 1340. The number of aryl methyl sites for hydroxylation is 1. The molecule has 1 aromatic carbocycles. The van der Waals surface area contributed by atoms with Crippen LogP contribution >= 0.6 is 0 Å². The molecular weight excluding hydrogens is 456 g/mol. The highest BCUT2D eigenvalue weighted by molar-refractivity contribution is 5.88. The summed E-state index contributed by atoms with van der Waals surface area (Å²) >= 11 is 0. The van der Waals surface area contributed by atoms with Gasteiger partial charge in [-0.1, -0.05) is 109 Å². The minimum Gasteiger partial charge on any atom is -0.0995 e. The van der Waals surface area contributed by atoms with Gasteiger partial charge in [-0.15, -0.1) is 0 Å². The minimum atomic E-state index is -0.147. The predicted octanol–water partition coefficient (Wildman–Crippen LogP) is 11.1. The summed E-state index contributed by atoms with van der Waals surface area (Å²) in [5.74, 6) is 1.44. The predicted molar refractivity (Wildman–Crippen MR) is 168 cm³/mol. The van der Waals surface area contributed by atoms with Crippen LogP contribution in [0.15, 0.2) is 77.5 Å². The fourth-order valence-electron chi connectivity index (χ4n) is 9.37. The molecule has 0 radical (unpaired) electrons. The van der Waals surface area contributed by atoms with E-state index >= 15 is 0 Å². The summed E-state index contributed by atoms with van der Waals surface area (Å²) in [5.41, 5.74) is 16.2. The van der Waals surface area contributed by atoms with Crippen LogP contribution in [-0.4, -0.2) is 0 Å². The molecule has 5 atom stereocenters. The first-order chi connectivity index (χ1) is 17.5. The molecule has 4 rings (SSSR count). The summed E-state index contributed by atoms with van der Waals surface area (Å²) in [4.78, 5) is 0. The SMILES string of the molecule is C=C(Cc1ccc(C)c2c1[C@@H](C)[C@@]1(C)C(=C(C)[C@@]3(C)C(=C)C(C(=C)C)=C(C)C[C@@]3(C)[C@@H]1C)C2=C)CC(C)C. The topological polar surface area (TPSA) is 0 Å². The third kappa shape index (κ3) is 3.54. The Kier molecular flexibility index (Phi) is 6.87.